The lowest BCUT2D eigenvalue weighted by molar-refractivity contribution is 1.61. The summed E-state index contributed by atoms with van der Waals surface area (Å²) >= 11 is 3.96. The van der Waals surface area contributed by atoms with Crippen molar-refractivity contribution in [2.75, 3.05) is 0 Å². The summed E-state index contributed by atoms with van der Waals surface area (Å²) < 4.78 is 1.14. The smallest absolute Gasteiger partial charge is 0.0332 e. The van der Waals surface area contributed by atoms with Crippen LogP contribution in [0.15, 0.2) is 144 Å². The predicted molar refractivity (Wildman–Crippen MR) is 163 cm³/mol. The average molecular weight is 535 g/mol. The van der Waals surface area contributed by atoms with Crippen LogP contribution in [-0.2, 0) is 0 Å². The molecule has 0 unspecified atom stereocenters. The van der Waals surface area contributed by atoms with Crippen molar-refractivity contribution in [2.24, 2.45) is 0 Å². The second-order valence-electron chi connectivity index (χ2n) is 9.47. The van der Waals surface area contributed by atoms with Gasteiger partial charge in [0.2, 0.25) is 0 Å². The molecule has 0 fully saturated rings. The van der Waals surface area contributed by atoms with Crippen LogP contribution < -0.4 is 0 Å². The van der Waals surface area contributed by atoms with Gasteiger partial charge in [0.25, 0.3) is 0 Å². The van der Waals surface area contributed by atoms with Crippen molar-refractivity contribution < 1.29 is 0 Å². The summed E-state index contributed by atoms with van der Waals surface area (Å²) in [5, 5.41) is 7.49. The van der Waals surface area contributed by atoms with Crippen molar-refractivity contribution >= 4 is 48.2 Å². The fraction of sp³-hybridized carbons (Fsp3) is 0. The Labute approximate surface area is 225 Å². The first kappa shape index (κ1) is 22.0. The molecule has 0 spiro atoms. The molecular formula is C36H23Br. The van der Waals surface area contributed by atoms with Crippen LogP contribution in [0.1, 0.15) is 0 Å². The lowest BCUT2D eigenvalue weighted by Crippen LogP contribution is -1.90. The molecule has 7 aromatic rings. The minimum Gasteiger partial charge on any atom is -0.0622 e. The number of fused-ring (bicyclic) bond motifs is 3. The van der Waals surface area contributed by atoms with E-state index in [1.807, 2.05) is 0 Å². The van der Waals surface area contributed by atoms with Crippen LogP contribution in [0.2, 0.25) is 0 Å². The van der Waals surface area contributed by atoms with Crippen molar-refractivity contribution in [3.8, 4) is 33.4 Å². The van der Waals surface area contributed by atoms with E-state index < -0.39 is 0 Å². The molecule has 0 heterocycles. The molecule has 7 aromatic carbocycles. The van der Waals surface area contributed by atoms with E-state index in [-0.39, 0.29) is 0 Å². The summed E-state index contributed by atoms with van der Waals surface area (Å²) in [6, 6.07) is 50.4. The topological polar surface area (TPSA) is 0 Å². The Balaban J connectivity index is 1.55. The zero-order chi connectivity index (χ0) is 24.8. The first-order valence-corrected chi connectivity index (χ1v) is 13.4. The van der Waals surface area contributed by atoms with Crippen LogP contribution in [0.25, 0.3) is 65.7 Å². The normalized spacial score (nSPS) is 11.4. The summed E-state index contributed by atoms with van der Waals surface area (Å²) in [7, 11) is 0. The van der Waals surface area contributed by atoms with Gasteiger partial charge in [-0.05, 0) is 93.8 Å². The second-order valence-corrected chi connectivity index (χ2v) is 10.3. The van der Waals surface area contributed by atoms with E-state index in [0.29, 0.717) is 0 Å². The minimum atomic E-state index is 1.14. The number of rotatable bonds is 3. The first-order valence-electron chi connectivity index (χ1n) is 12.6. The monoisotopic (exact) mass is 534 g/mol. The quantitative estimate of drug-likeness (QED) is 0.198. The maximum atomic E-state index is 3.96. The molecule has 0 radical (unpaired) electrons. The maximum absolute atomic E-state index is 3.96. The Morgan fingerprint density at radius 1 is 0.351 bits per heavy atom. The van der Waals surface area contributed by atoms with Crippen molar-refractivity contribution in [1.82, 2.24) is 0 Å². The average Bonchev–Trinajstić information content (AvgIpc) is 2.97. The maximum Gasteiger partial charge on any atom is 0.0332 e. The van der Waals surface area contributed by atoms with E-state index in [1.165, 1.54) is 65.7 Å². The zero-order valence-electron chi connectivity index (χ0n) is 20.2. The zero-order valence-corrected chi connectivity index (χ0v) is 21.7. The molecule has 1 heteroatoms. The molecule has 0 saturated carbocycles. The molecule has 7 rings (SSSR count). The van der Waals surface area contributed by atoms with Crippen LogP contribution in [0.4, 0.5) is 0 Å². The molecule has 0 nitrogen and oxygen atoms in total. The fourth-order valence-corrected chi connectivity index (χ4v) is 6.26. The van der Waals surface area contributed by atoms with E-state index in [0.717, 1.165) is 4.47 Å². The molecular weight excluding hydrogens is 512 g/mol. The summed E-state index contributed by atoms with van der Waals surface area (Å²) in [5.41, 5.74) is 7.44. The third kappa shape index (κ3) is 3.75. The second kappa shape index (κ2) is 9.03. The van der Waals surface area contributed by atoms with Crippen LogP contribution in [0.3, 0.4) is 0 Å². The van der Waals surface area contributed by atoms with Gasteiger partial charge >= 0.3 is 0 Å². The van der Waals surface area contributed by atoms with Gasteiger partial charge in [0.1, 0.15) is 0 Å². The largest absolute Gasteiger partial charge is 0.0622 e. The number of halogens is 1. The first-order chi connectivity index (χ1) is 18.3. The molecule has 174 valence electrons. The van der Waals surface area contributed by atoms with Gasteiger partial charge in [-0.3, -0.25) is 0 Å². The van der Waals surface area contributed by atoms with Gasteiger partial charge in [0.15, 0.2) is 0 Å². The predicted octanol–water partition coefficient (Wildman–Crippen LogP) is 10.9. The van der Waals surface area contributed by atoms with Crippen LogP contribution >= 0.6 is 15.9 Å². The molecule has 0 aliphatic heterocycles. The molecule has 0 N–H and O–H groups in total. The summed E-state index contributed by atoms with van der Waals surface area (Å²) in [5.74, 6) is 0. The number of benzene rings is 7. The Hall–Kier alpha value is -4.20. The standard InChI is InChI=1S/C36H23Br/c37-36-32-18-7-6-17-31(32)35(28-15-8-14-26(22-28)24-10-2-1-3-11-24)34-23-27(20-21-33(34)36)30-19-9-13-25-12-4-5-16-29(25)30/h1-23H. The van der Waals surface area contributed by atoms with E-state index in [9.17, 15) is 0 Å². The third-order valence-corrected chi connectivity index (χ3v) is 8.17. The highest BCUT2D eigenvalue weighted by atomic mass is 79.9. The molecule has 0 bridgehead atoms. The van der Waals surface area contributed by atoms with Gasteiger partial charge in [-0.2, -0.15) is 0 Å². The molecule has 0 amide bonds. The third-order valence-electron chi connectivity index (χ3n) is 7.32. The van der Waals surface area contributed by atoms with Gasteiger partial charge in [-0.1, -0.05) is 127 Å². The summed E-state index contributed by atoms with van der Waals surface area (Å²) in [4.78, 5) is 0. The number of hydrogen-bond donors (Lipinski definition) is 0. The molecule has 0 saturated heterocycles. The van der Waals surface area contributed by atoms with Crippen LogP contribution in [0, 0.1) is 0 Å². The number of hydrogen-bond acceptors (Lipinski definition) is 0. The van der Waals surface area contributed by atoms with Gasteiger partial charge in [-0.15, -0.1) is 0 Å². The van der Waals surface area contributed by atoms with Crippen molar-refractivity contribution in [2.45, 2.75) is 0 Å². The fourth-order valence-electron chi connectivity index (χ4n) is 5.57. The highest BCUT2D eigenvalue weighted by Crippen LogP contribution is 2.44. The van der Waals surface area contributed by atoms with Crippen molar-refractivity contribution in [1.29, 1.82) is 0 Å². The molecule has 0 aromatic heterocycles. The molecule has 37 heavy (non-hydrogen) atoms. The van der Waals surface area contributed by atoms with Gasteiger partial charge in [0.05, 0.1) is 0 Å². The van der Waals surface area contributed by atoms with E-state index in [2.05, 4.69) is 155 Å². The van der Waals surface area contributed by atoms with Gasteiger partial charge < -0.3 is 0 Å². The van der Waals surface area contributed by atoms with E-state index >= 15 is 0 Å². The highest BCUT2D eigenvalue weighted by molar-refractivity contribution is 9.10. The molecule has 0 atom stereocenters. The van der Waals surface area contributed by atoms with Crippen LogP contribution in [0.5, 0.6) is 0 Å². The Kier molecular flexibility index (Phi) is 5.38. The van der Waals surface area contributed by atoms with Crippen LogP contribution in [-0.4, -0.2) is 0 Å². The lowest BCUT2D eigenvalue weighted by atomic mass is 9.88. The van der Waals surface area contributed by atoms with Crippen molar-refractivity contribution in [3.63, 3.8) is 0 Å². The van der Waals surface area contributed by atoms with E-state index in [1.54, 1.807) is 0 Å². The Morgan fingerprint density at radius 2 is 0.973 bits per heavy atom. The SMILES string of the molecule is Brc1c2ccccc2c(-c2cccc(-c3ccccc3)c2)c2cc(-c3cccc4ccccc34)ccc12. The van der Waals surface area contributed by atoms with E-state index in [4.69, 9.17) is 0 Å². The highest BCUT2D eigenvalue weighted by Gasteiger charge is 2.16. The Morgan fingerprint density at radius 3 is 1.84 bits per heavy atom. The van der Waals surface area contributed by atoms with Crippen molar-refractivity contribution in [3.05, 3.63) is 144 Å². The molecule has 0 aliphatic carbocycles. The summed E-state index contributed by atoms with van der Waals surface area (Å²) in [6.07, 6.45) is 0. The lowest BCUT2D eigenvalue weighted by Gasteiger charge is -2.17. The van der Waals surface area contributed by atoms with Gasteiger partial charge in [-0.25, -0.2) is 0 Å². The molecule has 0 aliphatic rings. The Bertz CT molecular complexity index is 1930. The minimum absolute atomic E-state index is 1.14. The summed E-state index contributed by atoms with van der Waals surface area (Å²) in [6.45, 7) is 0. The van der Waals surface area contributed by atoms with Gasteiger partial charge in [0, 0.05) is 4.47 Å².